The van der Waals surface area contributed by atoms with Gasteiger partial charge in [0.1, 0.15) is 6.04 Å². The molecule has 0 aromatic carbocycles. The summed E-state index contributed by atoms with van der Waals surface area (Å²) in [6.45, 7) is 1.71. The van der Waals surface area contributed by atoms with Crippen molar-refractivity contribution in [2.45, 2.75) is 25.4 Å². The van der Waals surface area contributed by atoms with Crippen molar-refractivity contribution in [3.05, 3.63) is 0 Å². The lowest BCUT2D eigenvalue weighted by molar-refractivity contribution is -0.140. The molecule has 1 aliphatic rings. The summed E-state index contributed by atoms with van der Waals surface area (Å²) in [6, 6.07) is -2.62. The van der Waals surface area contributed by atoms with Gasteiger partial charge in [-0.2, -0.15) is 0 Å². The van der Waals surface area contributed by atoms with Gasteiger partial charge in [0.05, 0.1) is 6.61 Å². The zero-order valence-electron chi connectivity index (χ0n) is 10.0. The van der Waals surface area contributed by atoms with Crippen molar-refractivity contribution in [2.24, 2.45) is 0 Å². The molecule has 18 heavy (non-hydrogen) atoms. The Morgan fingerprint density at radius 3 is 2.78 bits per heavy atom. The Kier molecular flexibility index (Phi) is 4.90. The van der Waals surface area contributed by atoms with E-state index in [1.165, 1.54) is 4.90 Å². The molecule has 8 heteroatoms. The number of aliphatic carboxylic acids is 1. The van der Waals surface area contributed by atoms with Crippen molar-refractivity contribution in [3.63, 3.8) is 0 Å². The predicted octanol–water partition coefficient (Wildman–Crippen LogP) is -1.65. The molecule has 0 saturated carbocycles. The Balaban J connectivity index is 2.69. The Hall–Kier alpha value is -1.83. The van der Waals surface area contributed by atoms with E-state index in [0.717, 1.165) is 0 Å². The highest BCUT2D eigenvalue weighted by molar-refractivity contribution is 5.89. The van der Waals surface area contributed by atoms with Crippen LogP contribution in [-0.2, 0) is 9.59 Å². The minimum absolute atomic E-state index is 0.255. The molecule has 0 aromatic heterocycles. The summed E-state index contributed by atoms with van der Waals surface area (Å²) in [5.41, 5.74) is 0. The second-order valence-electron chi connectivity index (χ2n) is 3.93. The number of carboxylic acids is 1. The third-order valence-corrected chi connectivity index (χ3v) is 2.76. The Bertz CT molecular complexity index is 346. The fraction of sp³-hybridized carbons (Fsp3) is 0.700. The van der Waals surface area contributed by atoms with Crippen LogP contribution in [0.1, 0.15) is 13.3 Å². The lowest BCUT2D eigenvalue weighted by Gasteiger charge is -2.34. The number of carbonyl (C=O) groups is 3. The van der Waals surface area contributed by atoms with Gasteiger partial charge in [0.15, 0.2) is 6.04 Å². The molecule has 0 spiro atoms. The first kappa shape index (κ1) is 14.2. The fourth-order valence-electron chi connectivity index (χ4n) is 1.78. The SMILES string of the molecule is CCC1C(=O)NCCN1C(=O)N[C@H](CO)C(=O)O. The molecular weight excluding hydrogens is 242 g/mol. The number of hydrogen-bond acceptors (Lipinski definition) is 4. The topological polar surface area (TPSA) is 119 Å². The second-order valence-corrected chi connectivity index (χ2v) is 3.93. The van der Waals surface area contributed by atoms with Gasteiger partial charge in [0, 0.05) is 13.1 Å². The molecule has 0 aromatic rings. The molecule has 1 rings (SSSR count). The number of piperazine rings is 1. The van der Waals surface area contributed by atoms with Crippen molar-refractivity contribution in [1.29, 1.82) is 0 Å². The van der Waals surface area contributed by atoms with Crippen LogP contribution in [-0.4, -0.2) is 64.8 Å². The molecule has 1 saturated heterocycles. The van der Waals surface area contributed by atoms with E-state index in [1.807, 2.05) is 0 Å². The van der Waals surface area contributed by atoms with E-state index in [1.54, 1.807) is 6.92 Å². The number of carboxylic acid groups (broad SMARTS) is 1. The normalized spacial score (nSPS) is 21.1. The lowest BCUT2D eigenvalue weighted by atomic mass is 10.1. The highest BCUT2D eigenvalue weighted by Crippen LogP contribution is 2.08. The maximum Gasteiger partial charge on any atom is 0.328 e. The average Bonchev–Trinajstić information content (AvgIpc) is 2.34. The standard InChI is InChI=1S/C10H17N3O5/c1-2-7-8(15)11-3-4-13(7)10(18)12-6(5-14)9(16)17/h6-7,14H,2-5H2,1H3,(H,11,15)(H,12,18)(H,16,17)/t6-,7?/m1/s1. The highest BCUT2D eigenvalue weighted by atomic mass is 16.4. The first-order valence-electron chi connectivity index (χ1n) is 5.69. The van der Waals surface area contributed by atoms with Crippen molar-refractivity contribution in [2.75, 3.05) is 19.7 Å². The van der Waals surface area contributed by atoms with Crippen molar-refractivity contribution in [3.8, 4) is 0 Å². The number of aliphatic hydroxyl groups is 1. The van der Waals surface area contributed by atoms with Gasteiger partial charge in [-0.15, -0.1) is 0 Å². The molecule has 3 amide bonds. The third-order valence-electron chi connectivity index (χ3n) is 2.76. The highest BCUT2D eigenvalue weighted by Gasteiger charge is 2.33. The average molecular weight is 259 g/mol. The van der Waals surface area contributed by atoms with E-state index in [0.29, 0.717) is 19.5 Å². The van der Waals surface area contributed by atoms with Crippen molar-refractivity contribution >= 4 is 17.9 Å². The summed E-state index contributed by atoms with van der Waals surface area (Å²) >= 11 is 0. The molecular formula is C10H17N3O5. The van der Waals surface area contributed by atoms with Gasteiger partial charge in [0.25, 0.3) is 0 Å². The lowest BCUT2D eigenvalue weighted by Crippen LogP contribution is -2.61. The number of carbonyl (C=O) groups excluding carboxylic acids is 2. The van der Waals surface area contributed by atoms with Crippen molar-refractivity contribution < 1.29 is 24.6 Å². The van der Waals surface area contributed by atoms with Crippen LogP contribution in [0, 0.1) is 0 Å². The minimum atomic E-state index is -1.36. The van der Waals surface area contributed by atoms with Gasteiger partial charge >= 0.3 is 12.0 Å². The summed E-state index contributed by atoms with van der Waals surface area (Å²) in [5, 5.41) is 22.4. The molecule has 102 valence electrons. The van der Waals surface area contributed by atoms with Crippen LogP contribution in [0.15, 0.2) is 0 Å². The first-order chi connectivity index (χ1) is 8.51. The first-order valence-corrected chi connectivity index (χ1v) is 5.69. The van der Waals surface area contributed by atoms with Crippen LogP contribution < -0.4 is 10.6 Å². The number of nitrogens with one attached hydrogen (secondary N) is 2. The van der Waals surface area contributed by atoms with Gasteiger partial charge < -0.3 is 25.7 Å². The van der Waals surface area contributed by atoms with Crippen LogP contribution in [0.5, 0.6) is 0 Å². The van der Waals surface area contributed by atoms with Gasteiger partial charge in [-0.1, -0.05) is 6.92 Å². The van der Waals surface area contributed by atoms with Crippen LogP contribution in [0.3, 0.4) is 0 Å². The Labute approximate surface area is 104 Å². The number of nitrogens with zero attached hydrogens (tertiary/aromatic N) is 1. The largest absolute Gasteiger partial charge is 0.480 e. The number of amides is 3. The van der Waals surface area contributed by atoms with Crippen LogP contribution in [0.4, 0.5) is 4.79 Å². The maximum atomic E-state index is 11.8. The summed E-state index contributed by atoms with van der Waals surface area (Å²) in [4.78, 5) is 35.4. The van der Waals surface area contributed by atoms with Crippen LogP contribution >= 0.6 is 0 Å². The molecule has 2 atom stereocenters. The molecule has 1 heterocycles. The third kappa shape index (κ3) is 3.10. The van der Waals surface area contributed by atoms with Crippen molar-refractivity contribution in [1.82, 2.24) is 15.5 Å². The van der Waals surface area contributed by atoms with Gasteiger partial charge in [-0.05, 0) is 6.42 Å². The monoisotopic (exact) mass is 259 g/mol. The molecule has 1 fully saturated rings. The Morgan fingerprint density at radius 2 is 2.28 bits per heavy atom. The minimum Gasteiger partial charge on any atom is -0.480 e. The van der Waals surface area contributed by atoms with E-state index in [9.17, 15) is 14.4 Å². The molecule has 8 nitrogen and oxygen atoms in total. The summed E-state index contributed by atoms with van der Waals surface area (Å²) in [7, 11) is 0. The zero-order valence-corrected chi connectivity index (χ0v) is 10.0. The molecule has 1 unspecified atom stereocenters. The van der Waals surface area contributed by atoms with Gasteiger partial charge in [-0.3, -0.25) is 4.79 Å². The summed E-state index contributed by atoms with van der Waals surface area (Å²) in [5.74, 6) is -1.57. The zero-order chi connectivity index (χ0) is 13.7. The van der Waals surface area contributed by atoms with E-state index < -0.39 is 30.7 Å². The van der Waals surface area contributed by atoms with E-state index in [2.05, 4.69) is 10.6 Å². The summed E-state index contributed by atoms with van der Waals surface area (Å²) < 4.78 is 0. The van der Waals surface area contributed by atoms with Crippen LogP contribution in [0.25, 0.3) is 0 Å². The van der Waals surface area contributed by atoms with Crippen LogP contribution in [0.2, 0.25) is 0 Å². The number of hydrogen-bond donors (Lipinski definition) is 4. The smallest absolute Gasteiger partial charge is 0.328 e. The Morgan fingerprint density at radius 1 is 1.61 bits per heavy atom. The van der Waals surface area contributed by atoms with E-state index >= 15 is 0 Å². The molecule has 0 radical (unpaired) electrons. The fourth-order valence-corrected chi connectivity index (χ4v) is 1.78. The molecule has 1 aliphatic heterocycles. The molecule has 4 N–H and O–H groups in total. The second kappa shape index (κ2) is 6.20. The quantitative estimate of drug-likeness (QED) is 0.482. The van der Waals surface area contributed by atoms with E-state index in [-0.39, 0.29) is 5.91 Å². The van der Waals surface area contributed by atoms with E-state index in [4.69, 9.17) is 10.2 Å². The summed E-state index contributed by atoms with van der Waals surface area (Å²) in [6.07, 6.45) is 0.441. The number of aliphatic hydroxyl groups excluding tert-OH is 1. The number of urea groups is 1. The van der Waals surface area contributed by atoms with Gasteiger partial charge in [0.2, 0.25) is 5.91 Å². The predicted molar refractivity (Wildman–Crippen MR) is 60.8 cm³/mol. The molecule has 0 aliphatic carbocycles. The maximum absolute atomic E-state index is 11.8. The number of rotatable bonds is 4. The van der Waals surface area contributed by atoms with Gasteiger partial charge in [-0.25, -0.2) is 9.59 Å². The molecule has 0 bridgehead atoms.